The van der Waals surface area contributed by atoms with Crippen LogP contribution in [-0.2, 0) is 5.75 Å². The lowest BCUT2D eigenvalue weighted by atomic mass is 10.2. The molecule has 4 rings (SSSR count). The van der Waals surface area contributed by atoms with Gasteiger partial charge in [0, 0.05) is 23.6 Å². The van der Waals surface area contributed by atoms with Crippen LogP contribution in [-0.4, -0.2) is 30.8 Å². The van der Waals surface area contributed by atoms with Crippen molar-refractivity contribution >= 4 is 39.8 Å². The van der Waals surface area contributed by atoms with Crippen molar-refractivity contribution in [3.63, 3.8) is 0 Å². The molecule has 1 amide bonds. The zero-order chi connectivity index (χ0) is 23.4. The first-order chi connectivity index (χ1) is 15.9. The minimum absolute atomic E-state index is 0.143. The molecule has 0 aliphatic heterocycles. The molecule has 0 fully saturated rings. The number of rotatable bonds is 7. The number of carbonyl (C=O) groups excluding carboxylic acids is 1. The summed E-state index contributed by atoms with van der Waals surface area (Å²) in [7, 11) is 0. The molecule has 0 spiro atoms. The Labute approximate surface area is 195 Å². The Kier molecular flexibility index (Phi) is 6.56. The summed E-state index contributed by atoms with van der Waals surface area (Å²) >= 11 is 2.65. The van der Waals surface area contributed by atoms with Gasteiger partial charge in [0.2, 0.25) is 10.6 Å². The van der Waals surface area contributed by atoms with Crippen molar-refractivity contribution in [1.29, 1.82) is 0 Å². The SMILES string of the molecule is Cc1cc(=O)c(C(=O)Nc2nnc(SCc3ccccc3)s2)nn1-c1ccccc1[N+](=O)[O-]. The quantitative estimate of drug-likeness (QED) is 0.183. The highest BCUT2D eigenvalue weighted by Gasteiger charge is 2.21. The van der Waals surface area contributed by atoms with Crippen molar-refractivity contribution in [2.75, 3.05) is 5.32 Å². The molecule has 0 unspecified atom stereocenters. The van der Waals surface area contributed by atoms with E-state index in [2.05, 4.69) is 20.6 Å². The van der Waals surface area contributed by atoms with E-state index in [-0.39, 0.29) is 16.5 Å². The van der Waals surface area contributed by atoms with E-state index in [1.807, 2.05) is 30.3 Å². The van der Waals surface area contributed by atoms with Gasteiger partial charge in [-0.15, -0.1) is 10.2 Å². The summed E-state index contributed by atoms with van der Waals surface area (Å²) in [6.45, 7) is 1.58. The van der Waals surface area contributed by atoms with E-state index in [0.717, 1.165) is 5.56 Å². The van der Waals surface area contributed by atoms with Crippen molar-refractivity contribution in [2.45, 2.75) is 17.0 Å². The number of nitrogens with zero attached hydrogens (tertiary/aromatic N) is 5. The summed E-state index contributed by atoms with van der Waals surface area (Å²) in [4.78, 5) is 36.0. The molecular formula is C21H16N6O4S2. The second-order valence-corrected chi connectivity index (χ2v) is 8.96. The number of carbonyl (C=O) groups is 1. The van der Waals surface area contributed by atoms with Gasteiger partial charge in [-0.2, -0.15) is 5.10 Å². The normalized spacial score (nSPS) is 10.7. The molecule has 2 aromatic heterocycles. The van der Waals surface area contributed by atoms with Crippen LogP contribution < -0.4 is 10.7 Å². The number of nitro benzene ring substituents is 1. The number of amides is 1. The van der Waals surface area contributed by atoms with E-state index in [9.17, 15) is 19.7 Å². The lowest BCUT2D eigenvalue weighted by molar-refractivity contribution is -0.384. The summed E-state index contributed by atoms with van der Waals surface area (Å²) in [5, 5.41) is 26.2. The third-order valence-corrected chi connectivity index (χ3v) is 6.50. The molecule has 4 aromatic rings. The van der Waals surface area contributed by atoms with Crippen LogP contribution in [0.15, 0.2) is 69.8 Å². The zero-order valence-electron chi connectivity index (χ0n) is 17.2. The lowest BCUT2D eigenvalue weighted by Crippen LogP contribution is -2.27. The smallest absolute Gasteiger partial charge is 0.294 e. The summed E-state index contributed by atoms with van der Waals surface area (Å²) in [5.74, 6) is -0.0770. The standard InChI is InChI=1S/C21H16N6O4S2/c1-13-11-17(28)18(25-26(13)15-9-5-6-10-16(15)27(30)31)19(29)22-20-23-24-21(33-20)32-12-14-7-3-2-4-8-14/h2-11H,12H2,1H3,(H,22,23,29). The fraction of sp³-hybridized carbons (Fsp3) is 0.0952. The summed E-state index contributed by atoms with van der Waals surface area (Å²) in [5.41, 5.74) is 0.399. The highest BCUT2D eigenvalue weighted by atomic mass is 32.2. The molecule has 0 aliphatic carbocycles. The van der Waals surface area contributed by atoms with Gasteiger partial charge in [-0.3, -0.25) is 25.0 Å². The van der Waals surface area contributed by atoms with Gasteiger partial charge < -0.3 is 0 Å². The van der Waals surface area contributed by atoms with E-state index < -0.39 is 22.0 Å². The molecule has 10 nitrogen and oxygen atoms in total. The number of benzene rings is 2. The Morgan fingerprint density at radius 1 is 1.15 bits per heavy atom. The van der Waals surface area contributed by atoms with Crippen LogP contribution in [0.2, 0.25) is 0 Å². The van der Waals surface area contributed by atoms with Crippen molar-refractivity contribution < 1.29 is 9.72 Å². The lowest BCUT2D eigenvalue weighted by Gasteiger charge is -2.11. The van der Waals surface area contributed by atoms with Gasteiger partial charge >= 0.3 is 0 Å². The molecule has 0 saturated carbocycles. The molecule has 166 valence electrons. The molecule has 1 N–H and O–H groups in total. The van der Waals surface area contributed by atoms with Gasteiger partial charge in [0.15, 0.2) is 10.0 Å². The number of thioether (sulfide) groups is 1. The topological polar surface area (TPSA) is 133 Å². The van der Waals surface area contributed by atoms with Crippen LogP contribution >= 0.6 is 23.1 Å². The largest absolute Gasteiger partial charge is 0.295 e. The third kappa shape index (κ3) is 5.13. The van der Waals surface area contributed by atoms with Crippen LogP contribution in [0.4, 0.5) is 10.8 Å². The monoisotopic (exact) mass is 480 g/mol. The molecule has 2 aromatic carbocycles. The number of anilines is 1. The Bertz CT molecular complexity index is 1390. The zero-order valence-corrected chi connectivity index (χ0v) is 18.8. The van der Waals surface area contributed by atoms with E-state index in [1.165, 1.54) is 52.0 Å². The highest BCUT2D eigenvalue weighted by Crippen LogP contribution is 2.28. The number of nitro groups is 1. The average Bonchev–Trinajstić information content (AvgIpc) is 3.25. The first kappa shape index (κ1) is 22.3. The number of hydrogen-bond acceptors (Lipinski definition) is 9. The Hall–Kier alpha value is -3.90. The predicted molar refractivity (Wildman–Crippen MR) is 125 cm³/mol. The maximum Gasteiger partial charge on any atom is 0.294 e. The highest BCUT2D eigenvalue weighted by molar-refractivity contribution is 8.00. The van der Waals surface area contributed by atoms with Crippen molar-refractivity contribution in [1.82, 2.24) is 20.0 Å². The van der Waals surface area contributed by atoms with Crippen LogP contribution in [0.25, 0.3) is 5.69 Å². The number of para-hydroxylation sites is 2. The van der Waals surface area contributed by atoms with Gasteiger partial charge in [0.05, 0.1) is 4.92 Å². The Morgan fingerprint density at radius 3 is 2.64 bits per heavy atom. The average molecular weight is 481 g/mol. The molecular weight excluding hydrogens is 464 g/mol. The second-order valence-electron chi connectivity index (χ2n) is 6.76. The van der Waals surface area contributed by atoms with E-state index in [1.54, 1.807) is 13.0 Å². The summed E-state index contributed by atoms with van der Waals surface area (Å²) in [6.07, 6.45) is 0. The molecule has 33 heavy (non-hydrogen) atoms. The minimum Gasteiger partial charge on any atom is -0.295 e. The fourth-order valence-corrected chi connectivity index (χ4v) is 4.64. The summed E-state index contributed by atoms with van der Waals surface area (Å²) in [6, 6.07) is 17.0. The molecule has 0 atom stereocenters. The molecule has 12 heteroatoms. The first-order valence-electron chi connectivity index (χ1n) is 9.59. The fourth-order valence-electron chi connectivity index (χ4n) is 2.94. The number of aromatic nitrogens is 4. The van der Waals surface area contributed by atoms with Crippen LogP contribution in [0.3, 0.4) is 0 Å². The maximum absolute atomic E-state index is 12.7. The van der Waals surface area contributed by atoms with Gasteiger partial charge in [0.25, 0.3) is 11.6 Å². The molecule has 0 bridgehead atoms. The van der Waals surface area contributed by atoms with Crippen molar-refractivity contribution in [2.24, 2.45) is 0 Å². The van der Waals surface area contributed by atoms with E-state index in [4.69, 9.17) is 0 Å². The van der Waals surface area contributed by atoms with Crippen LogP contribution in [0, 0.1) is 17.0 Å². The third-order valence-electron chi connectivity index (χ3n) is 4.46. The second kappa shape index (κ2) is 9.71. The van der Waals surface area contributed by atoms with Crippen LogP contribution in [0.1, 0.15) is 21.7 Å². The van der Waals surface area contributed by atoms with Gasteiger partial charge in [0.1, 0.15) is 5.69 Å². The van der Waals surface area contributed by atoms with Gasteiger partial charge in [-0.1, -0.05) is 65.6 Å². The summed E-state index contributed by atoms with van der Waals surface area (Å²) < 4.78 is 1.86. The predicted octanol–water partition coefficient (Wildman–Crippen LogP) is 3.85. The Morgan fingerprint density at radius 2 is 1.88 bits per heavy atom. The van der Waals surface area contributed by atoms with Crippen molar-refractivity contribution in [3.8, 4) is 5.69 Å². The van der Waals surface area contributed by atoms with E-state index >= 15 is 0 Å². The maximum atomic E-state index is 12.7. The first-order valence-corrected chi connectivity index (χ1v) is 11.4. The minimum atomic E-state index is -0.775. The van der Waals surface area contributed by atoms with E-state index in [0.29, 0.717) is 15.8 Å². The number of hydrogen-bond donors (Lipinski definition) is 1. The van der Waals surface area contributed by atoms with Gasteiger partial charge in [-0.05, 0) is 18.6 Å². The number of nitrogens with one attached hydrogen (secondary N) is 1. The molecule has 0 aliphatic rings. The van der Waals surface area contributed by atoms with Gasteiger partial charge in [-0.25, -0.2) is 4.68 Å². The molecule has 0 radical (unpaired) electrons. The van der Waals surface area contributed by atoms with Crippen LogP contribution in [0.5, 0.6) is 0 Å². The molecule has 0 saturated heterocycles. The Balaban J connectivity index is 1.55. The van der Waals surface area contributed by atoms with Crippen molar-refractivity contribution in [3.05, 3.63) is 98.0 Å². The number of aryl methyl sites for hydroxylation is 1. The molecule has 2 heterocycles.